The molecule has 0 amide bonds. The maximum Gasteiger partial charge on any atom is 0.129 e. The molecule has 1 heterocycles. The lowest BCUT2D eigenvalue weighted by Crippen LogP contribution is -2.18. The second-order valence-electron chi connectivity index (χ2n) is 4.21. The van der Waals surface area contributed by atoms with Crippen LogP contribution in [0, 0.1) is 5.82 Å². The van der Waals surface area contributed by atoms with Crippen LogP contribution in [0.15, 0.2) is 36.4 Å². The Hall–Kier alpha value is -1.32. The zero-order chi connectivity index (χ0) is 13.8. The number of aromatic nitrogens is 1. The molecular weight excluding hydrogens is 286 g/mol. The number of anilines is 1. The summed E-state index contributed by atoms with van der Waals surface area (Å²) in [6.45, 7) is 0.636. The molecule has 19 heavy (non-hydrogen) atoms. The molecule has 0 fully saturated rings. The minimum Gasteiger partial charge on any atom is -0.355 e. The number of halogens is 3. The number of hydrogen-bond acceptors (Lipinski definition) is 2. The Bertz CT molecular complexity index is 558. The van der Waals surface area contributed by atoms with E-state index in [9.17, 15) is 4.39 Å². The molecule has 0 radical (unpaired) electrons. The first-order valence-corrected chi connectivity index (χ1v) is 6.68. The topological polar surface area (TPSA) is 16.1 Å². The highest BCUT2D eigenvalue weighted by Gasteiger charge is 2.07. The van der Waals surface area contributed by atoms with Crippen LogP contribution in [-0.4, -0.2) is 12.0 Å². The molecule has 5 heteroatoms. The van der Waals surface area contributed by atoms with E-state index >= 15 is 0 Å². The molecule has 0 aliphatic carbocycles. The molecule has 1 aromatic carbocycles. The smallest absolute Gasteiger partial charge is 0.129 e. The summed E-state index contributed by atoms with van der Waals surface area (Å²) < 4.78 is 12.8. The van der Waals surface area contributed by atoms with E-state index in [0.29, 0.717) is 17.3 Å². The Kier molecular flexibility index (Phi) is 4.61. The van der Waals surface area contributed by atoms with Crippen molar-refractivity contribution in [2.75, 3.05) is 11.9 Å². The molecule has 0 aliphatic rings. The van der Waals surface area contributed by atoms with Crippen molar-refractivity contribution < 1.29 is 4.39 Å². The van der Waals surface area contributed by atoms with Crippen LogP contribution in [0.5, 0.6) is 0 Å². The monoisotopic (exact) mass is 298 g/mol. The van der Waals surface area contributed by atoms with Gasteiger partial charge >= 0.3 is 0 Å². The first-order chi connectivity index (χ1) is 9.10. The highest BCUT2D eigenvalue weighted by atomic mass is 35.5. The second-order valence-corrected chi connectivity index (χ2v) is 4.89. The van der Waals surface area contributed by atoms with Gasteiger partial charge in [-0.1, -0.05) is 23.7 Å². The predicted molar refractivity (Wildman–Crippen MR) is 77.3 cm³/mol. The summed E-state index contributed by atoms with van der Waals surface area (Å²) >= 11 is 11.8. The van der Waals surface area contributed by atoms with Gasteiger partial charge in [-0.15, -0.1) is 11.6 Å². The van der Waals surface area contributed by atoms with Gasteiger partial charge in [0, 0.05) is 13.6 Å². The molecule has 2 rings (SSSR count). The van der Waals surface area contributed by atoms with Gasteiger partial charge in [-0.3, -0.25) is 0 Å². The van der Waals surface area contributed by atoms with Crippen molar-refractivity contribution >= 4 is 29.0 Å². The molecule has 0 spiro atoms. The fourth-order valence-electron chi connectivity index (χ4n) is 1.72. The van der Waals surface area contributed by atoms with Gasteiger partial charge in [0.15, 0.2) is 0 Å². The van der Waals surface area contributed by atoms with Gasteiger partial charge in [0.25, 0.3) is 0 Å². The summed E-state index contributed by atoms with van der Waals surface area (Å²) in [5.74, 6) is 0.821. The van der Waals surface area contributed by atoms with E-state index < -0.39 is 0 Å². The molecule has 2 aromatic rings. The average molecular weight is 299 g/mol. The van der Waals surface area contributed by atoms with Crippen LogP contribution in [0.4, 0.5) is 10.2 Å². The quantitative estimate of drug-likeness (QED) is 0.785. The van der Waals surface area contributed by atoms with Crippen LogP contribution in [0.3, 0.4) is 0 Å². The first kappa shape index (κ1) is 14.1. The lowest BCUT2D eigenvalue weighted by Gasteiger charge is -2.19. The number of alkyl halides is 1. The molecule has 0 atom stereocenters. The number of nitrogens with zero attached hydrogens (tertiary/aromatic N) is 2. The number of hydrogen-bond donors (Lipinski definition) is 0. The third-order valence-corrected chi connectivity index (χ3v) is 3.35. The summed E-state index contributed by atoms with van der Waals surface area (Å²) in [6.07, 6.45) is 0. The van der Waals surface area contributed by atoms with Gasteiger partial charge in [-0.2, -0.15) is 0 Å². The molecule has 2 nitrogen and oxygen atoms in total. The standard InChI is InChI=1S/C14H13Cl2FN2/c1-19(9-10-2-4-11(17)5-3-10)14-7-6-12(16)13(8-15)18-14/h2-7H,8-9H2,1H3. The average Bonchev–Trinajstić information content (AvgIpc) is 2.42. The van der Waals surface area contributed by atoms with Crippen molar-refractivity contribution in [3.63, 3.8) is 0 Å². The Balaban J connectivity index is 2.15. The minimum atomic E-state index is -0.236. The molecule has 0 N–H and O–H groups in total. The van der Waals surface area contributed by atoms with E-state index in [1.165, 1.54) is 12.1 Å². The largest absolute Gasteiger partial charge is 0.355 e. The fourth-order valence-corrected chi connectivity index (χ4v) is 2.17. The molecule has 0 saturated heterocycles. The molecule has 1 aromatic heterocycles. The highest BCUT2D eigenvalue weighted by molar-refractivity contribution is 6.32. The Morgan fingerprint density at radius 3 is 2.47 bits per heavy atom. The lowest BCUT2D eigenvalue weighted by molar-refractivity contribution is 0.627. The van der Waals surface area contributed by atoms with Crippen LogP contribution in [0.1, 0.15) is 11.3 Å². The third kappa shape index (κ3) is 3.58. The van der Waals surface area contributed by atoms with E-state index in [4.69, 9.17) is 23.2 Å². The summed E-state index contributed by atoms with van der Waals surface area (Å²) in [5, 5.41) is 0.564. The van der Waals surface area contributed by atoms with Crippen molar-refractivity contribution in [3.8, 4) is 0 Å². The van der Waals surface area contributed by atoms with Gasteiger partial charge in [0.2, 0.25) is 0 Å². The summed E-state index contributed by atoms with van der Waals surface area (Å²) in [4.78, 5) is 6.35. The van der Waals surface area contributed by atoms with Crippen LogP contribution in [0.2, 0.25) is 5.02 Å². The number of pyridine rings is 1. The van der Waals surface area contributed by atoms with Crippen molar-refractivity contribution in [1.29, 1.82) is 0 Å². The van der Waals surface area contributed by atoms with Crippen LogP contribution >= 0.6 is 23.2 Å². The van der Waals surface area contributed by atoms with Gasteiger partial charge in [-0.25, -0.2) is 9.37 Å². The minimum absolute atomic E-state index is 0.236. The highest BCUT2D eigenvalue weighted by Crippen LogP contribution is 2.21. The Labute approximate surface area is 121 Å². The van der Waals surface area contributed by atoms with Crippen LogP contribution in [-0.2, 0) is 12.4 Å². The van der Waals surface area contributed by atoms with E-state index in [2.05, 4.69) is 4.98 Å². The summed E-state index contributed by atoms with van der Waals surface area (Å²) in [6, 6.07) is 10.0. The molecular formula is C14H13Cl2FN2. The summed E-state index contributed by atoms with van der Waals surface area (Å²) in [7, 11) is 1.91. The van der Waals surface area contributed by atoms with E-state index in [1.54, 1.807) is 18.2 Å². The maximum atomic E-state index is 12.8. The third-order valence-electron chi connectivity index (χ3n) is 2.75. The number of rotatable bonds is 4. The van der Waals surface area contributed by atoms with Crippen molar-refractivity contribution in [3.05, 3.63) is 58.5 Å². The van der Waals surface area contributed by atoms with Crippen molar-refractivity contribution in [2.45, 2.75) is 12.4 Å². The van der Waals surface area contributed by atoms with Gasteiger partial charge in [-0.05, 0) is 29.8 Å². The summed E-state index contributed by atoms with van der Waals surface area (Å²) in [5.41, 5.74) is 1.67. The Morgan fingerprint density at radius 2 is 1.84 bits per heavy atom. The zero-order valence-corrected chi connectivity index (χ0v) is 11.9. The van der Waals surface area contributed by atoms with Crippen molar-refractivity contribution in [2.24, 2.45) is 0 Å². The lowest BCUT2D eigenvalue weighted by atomic mass is 10.2. The Morgan fingerprint density at radius 1 is 1.16 bits per heavy atom. The van der Waals surface area contributed by atoms with Crippen molar-refractivity contribution in [1.82, 2.24) is 4.98 Å². The molecule has 0 bridgehead atoms. The number of benzene rings is 1. The zero-order valence-electron chi connectivity index (χ0n) is 10.4. The van der Waals surface area contributed by atoms with Gasteiger partial charge in [0.1, 0.15) is 11.6 Å². The second kappa shape index (κ2) is 6.22. The maximum absolute atomic E-state index is 12.8. The molecule has 0 aliphatic heterocycles. The van der Waals surface area contributed by atoms with E-state index in [-0.39, 0.29) is 11.7 Å². The van der Waals surface area contributed by atoms with Crippen LogP contribution in [0.25, 0.3) is 0 Å². The SMILES string of the molecule is CN(Cc1ccc(F)cc1)c1ccc(Cl)c(CCl)n1. The normalized spacial score (nSPS) is 10.5. The predicted octanol–water partition coefficient (Wildman–Crippen LogP) is 4.25. The van der Waals surface area contributed by atoms with E-state index in [0.717, 1.165) is 11.4 Å². The molecule has 100 valence electrons. The van der Waals surface area contributed by atoms with Crippen LogP contribution < -0.4 is 4.90 Å². The first-order valence-electron chi connectivity index (χ1n) is 5.77. The van der Waals surface area contributed by atoms with E-state index in [1.807, 2.05) is 18.0 Å². The fraction of sp³-hybridized carbons (Fsp3) is 0.214. The van der Waals surface area contributed by atoms with Gasteiger partial charge in [0.05, 0.1) is 16.6 Å². The van der Waals surface area contributed by atoms with Gasteiger partial charge < -0.3 is 4.90 Å². The molecule has 0 saturated carbocycles. The molecule has 0 unspecified atom stereocenters.